The van der Waals surface area contributed by atoms with Crippen LogP contribution in [-0.4, -0.2) is 40.4 Å². The second-order valence-electron chi connectivity index (χ2n) is 7.85. The number of amides is 1. The van der Waals surface area contributed by atoms with Gasteiger partial charge in [-0.3, -0.25) is 10.1 Å². The number of anilines is 2. The van der Waals surface area contributed by atoms with E-state index in [1.165, 1.54) is 17.8 Å². The summed E-state index contributed by atoms with van der Waals surface area (Å²) in [6, 6.07) is 13.6. The van der Waals surface area contributed by atoms with Gasteiger partial charge >= 0.3 is 0 Å². The van der Waals surface area contributed by atoms with Gasteiger partial charge in [0.25, 0.3) is 5.91 Å². The predicted molar refractivity (Wildman–Crippen MR) is 129 cm³/mol. The van der Waals surface area contributed by atoms with Crippen LogP contribution in [0.1, 0.15) is 30.5 Å². The molecule has 0 radical (unpaired) electrons. The van der Waals surface area contributed by atoms with Crippen molar-refractivity contribution in [1.82, 2.24) is 14.8 Å². The van der Waals surface area contributed by atoms with E-state index in [9.17, 15) is 10.1 Å². The Morgan fingerprint density at radius 2 is 2.09 bits per heavy atom. The van der Waals surface area contributed by atoms with Crippen molar-refractivity contribution in [3.63, 3.8) is 0 Å². The molecular weight excluding hydrogens is 436 g/mol. The SMILES string of the molecule is Cc1cccc(OCCn2cccc2/C=C(/C#N)C(=O)Nc2nnc(N3CCCCC3)s2)c1. The molecule has 1 aromatic carbocycles. The van der Waals surface area contributed by atoms with Gasteiger partial charge in [-0.15, -0.1) is 10.2 Å². The van der Waals surface area contributed by atoms with Gasteiger partial charge in [-0.1, -0.05) is 23.5 Å². The van der Waals surface area contributed by atoms with Gasteiger partial charge in [0.2, 0.25) is 10.3 Å². The number of carbonyl (C=O) groups is 1. The maximum absolute atomic E-state index is 12.7. The van der Waals surface area contributed by atoms with Crippen molar-refractivity contribution in [3.8, 4) is 11.8 Å². The fraction of sp³-hybridized carbons (Fsp3) is 0.333. The van der Waals surface area contributed by atoms with Crippen molar-refractivity contribution in [2.24, 2.45) is 0 Å². The molecule has 8 nitrogen and oxygen atoms in total. The highest BCUT2D eigenvalue weighted by atomic mass is 32.1. The number of nitriles is 1. The Labute approximate surface area is 197 Å². The van der Waals surface area contributed by atoms with Crippen LogP contribution in [0.4, 0.5) is 10.3 Å². The topological polar surface area (TPSA) is 96.1 Å². The molecule has 2 aromatic heterocycles. The maximum atomic E-state index is 12.7. The van der Waals surface area contributed by atoms with Crippen LogP contribution in [0.15, 0.2) is 48.2 Å². The quantitative estimate of drug-likeness (QED) is 0.397. The molecule has 3 aromatic rings. The van der Waals surface area contributed by atoms with Gasteiger partial charge in [0.1, 0.15) is 24.0 Å². The lowest BCUT2D eigenvalue weighted by molar-refractivity contribution is -0.112. The van der Waals surface area contributed by atoms with Gasteiger partial charge < -0.3 is 14.2 Å². The monoisotopic (exact) mass is 462 g/mol. The molecule has 1 aliphatic heterocycles. The minimum absolute atomic E-state index is 0.00396. The normalized spacial score (nSPS) is 14.1. The van der Waals surface area contributed by atoms with E-state index in [1.54, 1.807) is 6.08 Å². The van der Waals surface area contributed by atoms with Gasteiger partial charge in [0, 0.05) is 25.0 Å². The molecule has 3 heterocycles. The van der Waals surface area contributed by atoms with Gasteiger partial charge in [-0.25, -0.2) is 0 Å². The Bertz CT molecular complexity index is 1170. The van der Waals surface area contributed by atoms with E-state index in [2.05, 4.69) is 20.4 Å². The fourth-order valence-electron chi connectivity index (χ4n) is 3.67. The molecule has 33 heavy (non-hydrogen) atoms. The Morgan fingerprint density at radius 3 is 2.88 bits per heavy atom. The van der Waals surface area contributed by atoms with Crippen molar-refractivity contribution in [1.29, 1.82) is 5.26 Å². The third-order valence-electron chi connectivity index (χ3n) is 5.37. The highest BCUT2D eigenvalue weighted by Gasteiger charge is 2.18. The first-order valence-electron chi connectivity index (χ1n) is 11.0. The predicted octanol–water partition coefficient (Wildman–Crippen LogP) is 4.26. The zero-order valence-corrected chi connectivity index (χ0v) is 19.3. The van der Waals surface area contributed by atoms with Gasteiger partial charge in [-0.05, 0) is 62.1 Å². The summed E-state index contributed by atoms with van der Waals surface area (Å²) in [4.78, 5) is 14.9. The standard InChI is InChI=1S/C24H26N6O2S/c1-18-7-5-9-21(15-18)32-14-13-29-12-6-8-20(29)16-19(17-25)22(31)26-23-27-28-24(33-23)30-10-3-2-4-11-30/h5-9,12,15-16H,2-4,10-11,13-14H2,1H3,(H,26,27,31)/b19-16-. The molecule has 4 rings (SSSR count). The Hall–Kier alpha value is -3.64. The lowest BCUT2D eigenvalue weighted by Crippen LogP contribution is -2.29. The first kappa shape index (κ1) is 22.6. The van der Waals surface area contributed by atoms with Crippen LogP contribution in [0, 0.1) is 18.3 Å². The van der Waals surface area contributed by atoms with E-state index >= 15 is 0 Å². The third-order valence-corrected chi connectivity index (χ3v) is 6.27. The number of hydrogen-bond acceptors (Lipinski definition) is 7. The molecule has 1 fully saturated rings. The Balaban J connectivity index is 1.37. The summed E-state index contributed by atoms with van der Waals surface area (Å²) >= 11 is 1.33. The average molecular weight is 463 g/mol. The summed E-state index contributed by atoms with van der Waals surface area (Å²) in [7, 11) is 0. The van der Waals surface area contributed by atoms with Crippen LogP contribution in [0.3, 0.4) is 0 Å². The summed E-state index contributed by atoms with van der Waals surface area (Å²) < 4.78 is 7.77. The van der Waals surface area contributed by atoms with Crippen LogP contribution in [0.25, 0.3) is 6.08 Å². The zero-order valence-electron chi connectivity index (χ0n) is 18.5. The van der Waals surface area contributed by atoms with E-state index in [0.717, 1.165) is 48.1 Å². The Kier molecular flexibility index (Phi) is 7.37. The zero-order chi connectivity index (χ0) is 23.0. The van der Waals surface area contributed by atoms with Crippen LogP contribution < -0.4 is 15.0 Å². The number of benzene rings is 1. The molecule has 170 valence electrons. The summed E-state index contributed by atoms with van der Waals surface area (Å²) in [6.07, 6.45) is 6.98. The summed E-state index contributed by atoms with van der Waals surface area (Å²) in [5.41, 5.74) is 1.89. The fourth-order valence-corrected chi connectivity index (χ4v) is 4.46. The van der Waals surface area contributed by atoms with E-state index in [0.29, 0.717) is 18.3 Å². The second-order valence-corrected chi connectivity index (χ2v) is 8.81. The lowest BCUT2D eigenvalue weighted by atomic mass is 10.1. The molecule has 1 aliphatic rings. The molecule has 1 amide bonds. The van der Waals surface area contributed by atoms with Gasteiger partial charge in [0.15, 0.2) is 0 Å². The molecule has 1 N–H and O–H groups in total. The number of aryl methyl sites for hydroxylation is 1. The van der Waals surface area contributed by atoms with Crippen LogP contribution in [0.2, 0.25) is 0 Å². The van der Waals surface area contributed by atoms with Gasteiger partial charge in [0.05, 0.1) is 6.54 Å². The molecule has 0 spiro atoms. The highest BCUT2D eigenvalue weighted by Crippen LogP contribution is 2.27. The first-order chi connectivity index (χ1) is 16.1. The molecule has 0 bridgehead atoms. The molecular formula is C24H26N6O2S. The minimum Gasteiger partial charge on any atom is -0.492 e. The molecule has 1 saturated heterocycles. The van der Waals surface area contributed by atoms with Crippen molar-refractivity contribution < 1.29 is 9.53 Å². The van der Waals surface area contributed by atoms with Crippen molar-refractivity contribution in [2.75, 3.05) is 29.9 Å². The number of carbonyl (C=O) groups excluding carboxylic acids is 1. The van der Waals surface area contributed by atoms with Crippen LogP contribution in [-0.2, 0) is 11.3 Å². The largest absolute Gasteiger partial charge is 0.492 e. The Morgan fingerprint density at radius 1 is 1.24 bits per heavy atom. The summed E-state index contributed by atoms with van der Waals surface area (Å²) in [5.74, 6) is 0.319. The van der Waals surface area contributed by atoms with Crippen LogP contribution in [0.5, 0.6) is 5.75 Å². The van der Waals surface area contributed by atoms with Gasteiger partial charge in [-0.2, -0.15) is 5.26 Å². The van der Waals surface area contributed by atoms with E-state index in [1.807, 2.05) is 60.2 Å². The summed E-state index contributed by atoms with van der Waals surface area (Å²) in [6.45, 7) is 4.99. The molecule has 0 unspecified atom stereocenters. The number of piperidine rings is 1. The van der Waals surface area contributed by atoms with Crippen LogP contribution >= 0.6 is 11.3 Å². The summed E-state index contributed by atoms with van der Waals surface area (Å²) in [5, 5.41) is 21.7. The van der Waals surface area contributed by atoms with Crippen molar-refractivity contribution in [2.45, 2.75) is 32.7 Å². The molecule has 9 heteroatoms. The molecule has 0 aliphatic carbocycles. The maximum Gasteiger partial charge on any atom is 0.268 e. The number of hydrogen-bond donors (Lipinski definition) is 1. The van der Waals surface area contributed by atoms with E-state index < -0.39 is 5.91 Å². The van der Waals surface area contributed by atoms with E-state index in [4.69, 9.17) is 4.74 Å². The number of ether oxygens (including phenoxy) is 1. The smallest absolute Gasteiger partial charge is 0.268 e. The molecule has 0 atom stereocenters. The average Bonchev–Trinajstić information content (AvgIpc) is 3.47. The highest BCUT2D eigenvalue weighted by molar-refractivity contribution is 7.19. The van der Waals surface area contributed by atoms with Crippen molar-refractivity contribution >= 4 is 33.6 Å². The second kappa shape index (κ2) is 10.8. The number of aromatic nitrogens is 3. The third kappa shape index (κ3) is 5.99. The molecule has 0 saturated carbocycles. The van der Waals surface area contributed by atoms with Crippen molar-refractivity contribution in [3.05, 3.63) is 59.4 Å². The van der Waals surface area contributed by atoms with E-state index in [-0.39, 0.29) is 5.57 Å². The minimum atomic E-state index is -0.498. The number of rotatable bonds is 8. The number of nitrogens with zero attached hydrogens (tertiary/aromatic N) is 5. The lowest BCUT2D eigenvalue weighted by Gasteiger charge is -2.25. The number of nitrogens with one attached hydrogen (secondary N) is 1. The first-order valence-corrected chi connectivity index (χ1v) is 11.8.